The first-order valence-corrected chi connectivity index (χ1v) is 10.1. The Labute approximate surface area is 183 Å². The van der Waals surface area contributed by atoms with Crippen molar-refractivity contribution in [3.05, 3.63) is 116 Å². The lowest BCUT2D eigenvalue weighted by molar-refractivity contribution is 0.0697. The number of aromatic nitrogens is 2. The zero-order chi connectivity index (χ0) is 22.7. The number of aromatic amines is 1. The Kier molecular flexibility index (Phi) is 5.73. The van der Waals surface area contributed by atoms with Crippen LogP contribution in [0.1, 0.15) is 40.0 Å². The Morgan fingerprint density at radius 1 is 1.03 bits per heavy atom. The lowest BCUT2D eigenvalue weighted by Gasteiger charge is -2.15. The van der Waals surface area contributed by atoms with Crippen molar-refractivity contribution in [2.45, 2.75) is 19.4 Å². The summed E-state index contributed by atoms with van der Waals surface area (Å²) in [6.45, 7) is 1.72. The molecular weight excluding hydrogens is 404 g/mol. The van der Waals surface area contributed by atoms with Gasteiger partial charge in [-0.3, -0.25) is 9.36 Å². The predicted octanol–water partition coefficient (Wildman–Crippen LogP) is 3.59. The van der Waals surface area contributed by atoms with Crippen molar-refractivity contribution in [2.75, 3.05) is 0 Å². The third-order valence-electron chi connectivity index (χ3n) is 5.32. The second kappa shape index (κ2) is 8.78. The van der Waals surface area contributed by atoms with Crippen LogP contribution < -0.4 is 11.2 Å². The van der Waals surface area contributed by atoms with Crippen LogP contribution in [-0.4, -0.2) is 20.6 Å². The van der Waals surface area contributed by atoms with E-state index in [4.69, 9.17) is 5.11 Å². The lowest BCUT2D eigenvalue weighted by atomic mass is 10.1. The fourth-order valence-electron chi connectivity index (χ4n) is 3.55. The highest BCUT2D eigenvalue weighted by atomic mass is 16.4. The maximum Gasteiger partial charge on any atom is 0.335 e. The van der Waals surface area contributed by atoms with Gasteiger partial charge in [0.05, 0.1) is 22.5 Å². The van der Waals surface area contributed by atoms with Crippen LogP contribution in [0.3, 0.4) is 0 Å². The SMILES string of the molecule is CC(c1ccc(C(=O)O)cc1)n1c(=O)[nH]c2ccc(C#CCc3ccccc3)cc2c1=O. The number of fused-ring (bicyclic) bond motifs is 1. The summed E-state index contributed by atoms with van der Waals surface area (Å²) in [6, 6.07) is 20.6. The monoisotopic (exact) mass is 424 g/mol. The third-order valence-corrected chi connectivity index (χ3v) is 5.32. The normalized spacial score (nSPS) is 11.5. The molecule has 0 aliphatic heterocycles. The zero-order valence-corrected chi connectivity index (χ0v) is 17.3. The molecule has 3 aromatic carbocycles. The fraction of sp³-hybridized carbons (Fsp3) is 0.115. The summed E-state index contributed by atoms with van der Waals surface area (Å²) in [5, 5.41) is 9.43. The van der Waals surface area contributed by atoms with E-state index in [0.717, 1.165) is 10.1 Å². The molecule has 0 aliphatic rings. The number of carboxylic acid groups (broad SMARTS) is 1. The van der Waals surface area contributed by atoms with E-state index in [1.165, 1.54) is 12.1 Å². The van der Waals surface area contributed by atoms with Crippen molar-refractivity contribution in [3.8, 4) is 11.8 Å². The summed E-state index contributed by atoms with van der Waals surface area (Å²) in [7, 11) is 0. The minimum Gasteiger partial charge on any atom is -0.478 e. The van der Waals surface area contributed by atoms with Crippen molar-refractivity contribution in [3.63, 3.8) is 0 Å². The van der Waals surface area contributed by atoms with Gasteiger partial charge in [0.2, 0.25) is 0 Å². The molecule has 0 bridgehead atoms. The summed E-state index contributed by atoms with van der Waals surface area (Å²) < 4.78 is 1.14. The van der Waals surface area contributed by atoms with Gasteiger partial charge in [-0.05, 0) is 48.4 Å². The Hall–Kier alpha value is -4.37. The Morgan fingerprint density at radius 3 is 2.44 bits per heavy atom. The maximum atomic E-state index is 13.2. The molecule has 4 aromatic rings. The number of rotatable bonds is 4. The van der Waals surface area contributed by atoms with Gasteiger partial charge in [-0.1, -0.05) is 54.3 Å². The van der Waals surface area contributed by atoms with Gasteiger partial charge in [-0.2, -0.15) is 0 Å². The Balaban J connectivity index is 1.70. The Morgan fingerprint density at radius 2 is 1.75 bits per heavy atom. The molecular formula is C26H20N2O4. The van der Waals surface area contributed by atoms with Crippen LogP contribution >= 0.6 is 0 Å². The van der Waals surface area contributed by atoms with E-state index in [0.29, 0.717) is 28.5 Å². The van der Waals surface area contributed by atoms with Crippen molar-refractivity contribution in [2.24, 2.45) is 0 Å². The predicted molar refractivity (Wildman–Crippen MR) is 123 cm³/mol. The molecule has 1 aromatic heterocycles. The lowest BCUT2D eigenvalue weighted by Crippen LogP contribution is -2.37. The van der Waals surface area contributed by atoms with Gasteiger partial charge in [0, 0.05) is 12.0 Å². The summed E-state index contributed by atoms with van der Waals surface area (Å²) in [6.07, 6.45) is 0.595. The molecule has 6 heteroatoms. The average molecular weight is 424 g/mol. The molecule has 4 rings (SSSR count). The fourth-order valence-corrected chi connectivity index (χ4v) is 3.55. The summed E-state index contributed by atoms with van der Waals surface area (Å²) in [4.78, 5) is 39.7. The molecule has 1 heterocycles. The van der Waals surface area contributed by atoms with E-state index in [-0.39, 0.29) is 5.56 Å². The van der Waals surface area contributed by atoms with Crippen LogP contribution in [0.4, 0.5) is 0 Å². The first-order chi connectivity index (χ1) is 15.4. The quantitative estimate of drug-likeness (QED) is 0.490. The number of H-pyrrole nitrogens is 1. The summed E-state index contributed by atoms with van der Waals surface area (Å²) in [5.74, 6) is 5.15. The van der Waals surface area contributed by atoms with Gasteiger partial charge < -0.3 is 10.1 Å². The number of hydrogen-bond donors (Lipinski definition) is 2. The standard InChI is InChI=1S/C26H20N2O4/c1-17(20-11-13-21(14-12-20)25(30)31)28-24(29)22-16-19(10-15-23(22)27-26(28)32)9-5-8-18-6-3-2-4-7-18/h2-4,6-7,10-17H,8H2,1H3,(H,27,32)(H,30,31). The highest BCUT2D eigenvalue weighted by molar-refractivity contribution is 5.87. The molecule has 1 unspecified atom stereocenters. The first kappa shape index (κ1) is 20.9. The van der Waals surface area contributed by atoms with E-state index < -0.39 is 23.3 Å². The number of carboxylic acids is 1. The van der Waals surface area contributed by atoms with E-state index in [2.05, 4.69) is 16.8 Å². The minimum absolute atomic E-state index is 0.138. The van der Waals surface area contributed by atoms with Gasteiger partial charge >= 0.3 is 11.7 Å². The van der Waals surface area contributed by atoms with E-state index in [9.17, 15) is 14.4 Å². The number of hydrogen-bond acceptors (Lipinski definition) is 3. The molecule has 0 aliphatic carbocycles. The third kappa shape index (κ3) is 4.23. The first-order valence-electron chi connectivity index (χ1n) is 10.1. The van der Waals surface area contributed by atoms with E-state index >= 15 is 0 Å². The molecule has 1 atom stereocenters. The highest BCUT2D eigenvalue weighted by Crippen LogP contribution is 2.17. The Bertz CT molecular complexity index is 1470. The topological polar surface area (TPSA) is 92.2 Å². The van der Waals surface area contributed by atoms with E-state index in [1.807, 2.05) is 30.3 Å². The molecule has 6 nitrogen and oxygen atoms in total. The van der Waals surface area contributed by atoms with Gasteiger partial charge in [-0.25, -0.2) is 9.59 Å². The maximum absolute atomic E-state index is 13.2. The number of benzene rings is 3. The largest absolute Gasteiger partial charge is 0.478 e. The van der Waals surface area contributed by atoms with Crippen LogP contribution in [0, 0.1) is 11.8 Å². The molecule has 0 spiro atoms. The molecule has 0 saturated heterocycles. The molecule has 0 radical (unpaired) electrons. The van der Waals surface area contributed by atoms with Gasteiger partial charge in [0.25, 0.3) is 5.56 Å². The molecule has 2 N–H and O–H groups in total. The molecule has 158 valence electrons. The number of aromatic carboxylic acids is 1. The van der Waals surface area contributed by atoms with Crippen molar-refractivity contribution >= 4 is 16.9 Å². The second-order valence-electron chi connectivity index (χ2n) is 7.43. The zero-order valence-electron chi connectivity index (χ0n) is 17.3. The summed E-state index contributed by atoms with van der Waals surface area (Å²) >= 11 is 0. The highest BCUT2D eigenvalue weighted by Gasteiger charge is 2.16. The van der Waals surface area contributed by atoms with E-state index in [1.54, 1.807) is 37.3 Å². The average Bonchev–Trinajstić information content (AvgIpc) is 2.80. The molecule has 0 saturated carbocycles. The number of carbonyl (C=O) groups is 1. The van der Waals surface area contributed by atoms with Crippen molar-refractivity contribution < 1.29 is 9.90 Å². The summed E-state index contributed by atoms with van der Waals surface area (Å²) in [5.41, 5.74) is 2.07. The second-order valence-corrected chi connectivity index (χ2v) is 7.43. The van der Waals surface area contributed by atoms with Gasteiger partial charge in [-0.15, -0.1) is 0 Å². The van der Waals surface area contributed by atoms with Crippen LogP contribution in [0.5, 0.6) is 0 Å². The molecule has 0 fully saturated rings. The smallest absolute Gasteiger partial charge is 0.335 e. The van der Waals surface area contributed by atoms with Crippen LogP contribution in [0.2, 0.25) is 0 Å². The van der Waals surface area contributed by atoms with Crippen molar-refractivity contribution in [1.29, 1.82) is 0 Å². The van der Waals surface area contributed by atoms with Gasteiger partial charge in [0.1, 0.15) is 0 Å². The number of nitrogens with zero attached hydrogens (tertiary/aromatic N) is 1. The van der Waals surface area contributed by atoms with Gasteiger partial charge in [0.15, 0.2) is 0 Å². The van der Waals surface area contributed by atoms with Crippen molar-refractivity contribution in [1.82, 2.24) is 9.55 Å². The number of nitrogens with one attached hydrogen (secondary N) is 1. The van der Waals surface area contributed by atoms with Crippen LogP contribution in [0.25, 0.3) is 10.9 Å². The van der Waals surface area contributed by atoms with Crippen LogP contribution in [-0.2, 0) is 6.42 Å². The van der Waals surface area contributed by atoms with Crippen LogP contribution in [0.15, 0.2) is 82.4 Å². The minimum atomic E-state index is -1.04. The molecule has 0 amide bonds. The molecule has 32 heavy (non-hydrogen) atoms.